The third kappa shape index (κ3) is 6.24. The van der Waals surface area contributed by atoms with Crippen LogP contribution >= 0.6 is 15.9 Å². The first-order valence-corrected chi connectivity index (χ1v) is 7.69. The molecule has 0 unspecified atom stereocenters. The van der Waals surface area contributed by atoms with Crippen LogP contribution in [-0.2, 0) is 11.2 Å². The predicted octanol–water partition coefficient (Wildman–Crippen LogP) is 5.17. The lowest BCUT2D eigenvalue weighted by molar-refractivity contribution is -0.117. The number of benzene rings is 1. The number of rotatable bonds is 5. The van der Waals surface area contributed by atoms with Gasteiger partial charge in [-0.25, -0.2) is 0 Å². The topological polar surface area (TPSA) is 29.1 Å². The number of amides is 1. The van der Waals surface area contributed by atoms with Crippen molar-refractivity contribution >= 4 is 27.5 Å². The summed E-state index contributed by atoms with van der Waals surface area (Å²) in [6.45, 7) is 8.39. The maximum Gasteiger partial charge on any atom is 0.224 e. The molecule has 3 heteroatoms. The van der Waals surface area contributed by atoms with Crippen LogP contribution in [0, 0.1) is 5.41 Å². The van der Waals surface area contributed by atoms with Gasteiger partial charge in [-0.1, -0.05) is 40.2 Å². The van der Waals surface area contributed by atoms with Gasteiger partial charge in [-0.15, -0.1) is 0 Å². The fourth-order valence-electron chi connectivity index (χ4n) is 1.87. The highest BCUT2D eigenvalue weighted by Crippen LogP contribution is 2.26. The Bertz CT molecular complexity index is 435. The molecule has 0 aliphatic rings. The molecule has 19 heavy (non-hydrogen) atoms. The number of anilines is 1. The number of nitrogens with one attached hydrogen (secondary N) is 1. The average Bonchev–Trinajstić information content (AvgIpc) is 2.27. The fraction of sp³-hybridized carbons (Fsp3) is 0.562. The molecule has 0 spiro atoms. The van der Waals surface area contributed by atoms with Gasteiger partial charge in [0, 0.05) is 10.9 Å². The van der Waals surface area contributed by atoms with Gasteiger partial charge in [-0.3, -0.25) is 4.79 Å². The van der Waals surface area contributed by atoms with Crippen molar-refractivity contribution in [3.05, 3.63) is 28.2 Å². The zero-order valence-electron chi connectivity index (χ0n) is 12.3. The fourth-order valence-corrected chi connectivity index (χ4v) is 2.40. The summed E-state index contributed by atoms with van der Waals surface area (Å²) in [7, 11) is 0. The molecular weight excluding hydrogens is 302 g/mol. The number of hydrogen-bond acceptors (Lipinski definition) is 1. The number of unbranched alkanes of at least 4 members (excludes halogenated alkanes) is 1. The summed E-state index contributed by atoms with van der Waals surface area (Å²) in [5.41, 5.74) is 2.18. The Morgan fingerprint density at radius 3 is 2.53 bits per heavy atom. The Hall–Kier alpha value is -0.830. The molecule has 0 saturated heterocycles. The smallest absolute Gasteiger partial charge is 0.224 e. The molecular formula is C16H24BrNO. The van der Waals surface area contributed by atoms with E-state index in [9.17, 15) is 4.79 Å². The highest BCUT2D eigenvalue weighted by Gasteiger charge is 2.16. The molecule has 0 aliphatic heterocycles. The number of carbonyl (C=O) groups excluding carboxylic acids is 1. The molecule has 0 aromatic heterocycles. The van der Waals surface area contributed by atoms with Gasteiger partial charge >= 0.3 is 0 Å². The van der Waals surface area contributed by atoms with E-state index in [1.807, 2.05) is 6.07 Å². The highest BCUT2D eigenvalue weighted by atomic mass is 79.9. The second-order valence-corrected chi connectivity index (χ2v) is 7.06. The van der Waals surface area contributed by atoms with Crippen LogP contribution in [0.4, 0.5) is 5.69 Å². The van der Waals surface area contributed by atoms with Crippen LogP contribution in [-0.4, -0.2) is 5.91 Å². The molecule has 1 N–H and O–H groups in total. The largest absolute Gasteiger partial charge is 0.325 e. The first-order chi connectivity index (χ1) is 8.81. The van der Waals surface area contributed by atoms with E-state index in [2.05, 4.69) is 61.1 Å². The van der Waals surface area contributed by atoms with Crippen molar-refractivity contribution in [1.29, 1.82) is 0 Å². The quantitative estimate of drug-likeness (QED) is 0.795. The lowest BCUT2D eigenvalue weighted by atomic mass is 9.92. The van der Waals surface area contributed by atoms with Crippen molar-refractivity contribution in [3.8, 4) is 0 Å². The molecule has 0 atom stereocenters. The van der Waals surface area contributed by atoms with Gasteiger partial charge in [-0.05, 0) is 51.9 Å². The summed E-state index contributed by atoms with van der Waals surface area (Å²) in [4.78, 5) is 11.9. The molecule has 0 heterocycles. The van der Waals surface area contributed by atoms with Crippen molar-refractivity contribution in [2.24, 2.45) is 5.41 Å². The van der Waals surface area contributed by atoms with E-state index in [-0.39, 0.29) is 11.3 Å². The van der Waals surface area contributed by atoms with Crippen molar-refractivity contribution in [2.75, 3.05) is 5.32 Å². The standard InChI is InChI=1S/C16H24BrNO/c1-5-6-7-12-8-9-14(13(17)10-12)18-15(19)11-16(2,3)4/h8-10H,5-7,11H2,1-4H3,(H,18,19). The molecule has 0 saturated carbocycles. The number of carbonyl (C=O) groups is 1. The molecule has 1 rings (SSSR count). The van der Waals surface area contributed by atoms with Crippen LogP contribution in [0.25, 0.3) is 0 Å². The molecule has 0 aliphatic carbocycles. The van der Waals surface area contributed by atoms with Gasteiger partial charge in [0.1, 0.15) is 0 Å². The molecule has 106 valence electrons. The molecule has 1 aromatic rings. The minimum absolute atomic E-state index is 0.0115. The summed E-state index contributed by atoms with van der Waals surface area (Å²) in [5, 5.41) is 2.96. The first-order valence-electron chi connectivity index (χ1n) is 6.90. The van der Waals surface area contributed by atoms with E-state index < -0.39 is 0 Å². The second-order valence-electron chi connectivity index (χ2n) is 6.20. The van der Waals surface area contributed by atoms with Crippen LogP contribution in [0.2, 0.25) is 0 Å². The number of aryl methyl sites for hydroxylation is 1. The lowest BCUT2D eigenvalue weighted by Crippen LogP contribution is -2.19. The highest BCUT2D eigenvalue weighted by molar-refractivity contribution is 9.10. The van der Waals surface area contributed by atoms with Crippen LogP contribution in [0.5, 0.6) is 0 Å². The maximum atomic E-state index is 11.9. The molecule has 0 radical (unpaired) electrons. The van der Waals surface area contributed by atoms with E-state index in [0.29, 0.717) is 6.42 Å². The summed E-state index contributed by atoms with van der Waals surface area (Å²) in [5.74, 6) is 0.0644. The Morgan fingerprint density at radius 2 is 2.00 bits per heavy atom. The molecule has 2 nitrogen and oxygen atoms in total. The lowest BCUT2D eigenvalue weighted by Gasteiger charge is -2.18. The van der Waals surface area contributed by atoms with E-state index in [1.165, 1.54) is 18.4 Å². The van der Waals surface area contributed by atoms with Crippen molar-refractivity contribution in [2.45, 2.75) is 53.4 Å². The summed E-state index contributed by atoms with van der Waals surface area (Å²) < 4.78 is 0.961. The Kier molecular flexibility index (Phi) is 6.05. The Balaban J connectivity index is 2.67. The van der Waals surface area contributed by atoms with Gasteiger partial charge in [0.2, 0.25) is 5.91 Å². The zero-order valence-corrected chi connectivity index (χ0v) is 13.9. The van der Waals surface area contributed by atoms with Gasteiger partial charge in [0.15, 0.2) is 0 Å². The van der Waals surface area contributed by atoms with E-state index in [0.717, 1.165) is 16.6 Å². The van der Waals surface area contributed by atoms with Crippen LogP contribution in [0.1, 0.15) is 52.5 Å². The summed E-state index contributed by atoms with van der Waals surface area (Å²) in [6.07, 6.45) is 4.01. The average molecular weight is 326 g/mol. The van der Waals surface area contributed by atoms with E-state index in [1.54, 1.807) is 0 Å². The monoisotopic (exact) mass is 325 g/mol. The van der Waals surface area contributed by atoms with Gasteiger partial charge in [0.05, 0.1) is 5.69 Å². The predicted molar refractivity (Wildman–Crippen MR) is 85.5 cm³/mol. The second kappa shape index (κ2) is 7.09. The Morgan fingerprint density at radius 1 is 1.32 bits per heavy atom. The third-order valence-electron chi connectivity index (χ3n) is 2.82. The first kappa shape index (κ1) is 16.2. The van der Waals surface area contributed by atoms with Gasteiger partial charge < -0.3 is 5.32 Å². The zero-order chi connectivity index (χ0) is 14.5. The van der Waals surface area contributed by atoms with Gasteiger partial charge in [-0.2, -0.15) is 0 Å². The van der Waals surface area contributed by atoms with Crippen molar-refractivity contribution in [1.82, 2.24) is 0 Å². The van der Waals surface area contributed by atoms with Crippen molar-refractivity contribution in [3.63, 3.8) is 0 Å². The molecule has 1 amide bonds. The SMILES string of the molecule is CCCCc1ccc(NC(=O)CC(C)(C)C)c(Br)c1. The summed E-state index contributed by atoms with van der Waals surface area (Å²) in [6, 6.07) is 6.17. The molecule has 0 bridgehead atoms. The van der Waals surface area contributed by atoms with Gasteiger partial charge in [0.25, 0.3) is 0 Å². The number of hydrogen-bond donors (Lipinski definition) is 1. The van der Waals surface area contributed by atoms with Crippen LogP contribution < -0.4 is 5.32 Å². The molecule has 1 aromatic carbocycles. The minimum atomic E-state index is 0.0115. The normalized spacial score (nSPS) is 11.4. The summed E-state index contributed by atoms with van der Waals surface area (Å²) >= 11 is 3.53. The van der Waals surface area contributed by atoms with Crippen LogP contribution in [0.3, 0.4) is 0 Å². The third-order valence-corrected chi connectivity index (χ3v) is 3.47. The maximum absolute atomic E-state index is 11.9. The molecule has 0 fully saturated rings. The number of halogens is 1. The minimum Gasteiger partial charge on any atom is -0.325 e. The van der Waals surface area contributed by atoms with E-state index >= 15 is 0 Å². The van der Waals surface area contributed by atoms with E-state index in [4.69, 9.17) is 0 Å². The Labute approximate surface area is 125 Å². The van der Waals surface area contributed by atoms with Crippen molar-refractivity contribution < 1.29 is 4.79 Å². The van der Waals surface area contributed by atoms with Crippen LogP contribution in [0.15, 0.2) is 22.7 Å².